The number of hydrogen-bond donors (Lipinski definition) is 3. The first-order valence-corrected chi connectivity index (χ1v) is 11.6. The molecule has 3 rings (SSSR count). The average molecular weight is 522 g/mol. The van der Waals surface area contributed by atoms with Crippen molar-refractivity contribution in [3.8, 4) is 0 Å². The van der Waals surface area contributed by atoms with Crippen molar-refractivity contribution < 1.29 is 31.9 Å². The van der Waals surface area contributed by atoms with Crippen LogP contribution in [0.1, 0.15) is 16.7 Å². The predicted molar refractivity (Wildman–Crippen MR) is 131 cm³/mol. The Labute approximate surface area is 211 Å². The van der Waals surface area contributed by atoms with E-state index >= 15 is 0 Å². The summed E-state index contributed by atoms with van der Waals surface area (Å²) in [6.45, 7) is -0.510. The lowest BCUT2D eigenvalue weighted by atomic mass is 9.88. The average Bonchev–Trinajstić information content (AvgIpc) is 2.86. The molecule has 0 saturated heterocycles. The van der Waals surface area contributed by atoms with Crippen molar-refractivity contribution in [2.75, 3.05) is 24.5 Å². The number of hydrogen-bond acceptors (Lipinski definition) is 4. The topological polar surface area (TPSA) is 64.6 Å². The lowest BCUT2D eigenvalue weighted by molar-refractivity contribution is -0.213. The molecule has 0 aliphatic heterocycles. The van der Waals surface area contributed by atoms with Crippen molar-refractivity contribution >= 4 is 11.7 Å². The molecule has 0 spiro atoms. The van der Waals surface area contributed by atoms with Gasteiger partial charge >= 0.3 is 12.1 Å². The SMILES string of the molecule is O=C(O)C(NCCNCC(F)F)(c1ccc(N(Cc2ccccc2)Cc2ccccc2)cc1)C(F)(F)F. The van der Waals surface area contributed by atoms with E-state index in [1.54, 1.807) is 0 Å². The number of aliphatic carboxylic acids is 1. The zero-order chi connectivity index (χ0) is 26.9. The van der Waals surface area contributed by atoms with Gasteiger partial charge in [0.1, 0.15) is 0 Å². The van der Waals surface area contributed by atoms with Crippen LogP contribution < -0.4 is 15.5 Å². The fourth-order valence-corrected chi connectivity index (χ4v) is 4.00. The molecule has 1 unspecified atom stereocenters. The van der Waals surface area contributed by atoms with E-state index in [1.165, 1.54) is 12.1 Å². The summed E-state index contributed by atoms with van der Waals surface area (Å²) in [4.78, 5) is 14.0. The Morgan fingerprint density at radius 1 is 0.811 bits per heavy atom. The van der Waals surface area contributed by atoms with Gasteiger partial charge in [0.25, 0.3) is 6.43 Å². The summed E-state index contributed by atoms with van der Waals surface area (Å²) in [5, 5.41) is 14.0. The Morgan fingerprint density at radius 2 is 1.32 bits per heavy atom. The molecule has 1 atom stereocenters. The van der Waals surface area contributed by atoms with Crippen LogP contribution in [0.4, 0.5) is 27.6 Å². The van der Waals surface area contributed by atoms with E-state index in [0.29, 0.717) is 18.8 Å². The van der Waals surface area contributed by atoms with E-state index in [2.05, 4.69) is 5.32 Å². The first-order chi connectivity index (χ1) is 17.6. The van der Waals surface area contributed by atoms with Gasteiger partial charge in [-0.2, -0.15) is 13.2 Å². The maximum Gasteiger partial charge on any atom is 0.421 e. The minimum Gasteiger partial charge on any atom is -0.479 e. The van der Waals surface area contributed by atoms with Crippen molar-refractivity contribution in [2.45, 2.75) is 31.2 Å². The Balaban J connectivity index is 1.90. The molecule has 10 heteroatoms. The zero-order valence-corrected chi connectivity index (χ0v) is 19.9. The van der Waals surface area contributed by atoms with Crippen molar-refractivity contribution in [2.24, 2.45) is 0 Å². The van der Waals surface area contributed by atoms with Crippen LogP contribution in [0.25, 0.3) is 0 Å². The number of anilines is 1. The standard InChI is InChI=1S/C27H28F5N3O2/c28-24(29)17-33-15-16-34-26(25(36)37,27(30,31)32)22-11-13-23(14-12-22)35(18-20-7-3-1-4-8-20)19-21-9-5-2-6-10-21/h1-14,24,33-34H,15-19H2,(H,36,37). The lowest BCUT2D eigenvalue weighted by Gasteiger charge is -2.34. The quantitative estimate of drug-likeness (QED) is 0.214. The summed E-state index contributed by atoms with van der Waals surface area (Å²) in [5.74, 6) is -2.13. The van der Waals surface area contributed by atoms with Crippen molar-refractivity contribution in [1.82, 2.24) is 10.6 Å². The smallest absolute Gasteiger partial charge is 0.421 e. The highest BCUT2D eigenvalue weighted by Crippen LogP contribution is 2.40. The molecule has 0 amide bonds. The number of alkyl halides is 5. The number of carbonyl (C=O) groups is 1. The number of carboxylic acid groups (broad SMARTS) is 1. The Hall–Kier alpha value is -3.50. The van der Waals surface area contributed by atoms with Crippen molar-refractivity contribution in [1.29, 1.82) is 0 Å². The fraction of sp³-hybridized carbons (Fsp3) is 0.296. The molecule has 0 aliphatic rings. The van der Waals surface area contributed by atoms with Gasteiger partial charge in [0, 0.05) is 31.9 Å². The molecule has 3 aromatic rings. The van der Waals surface area contributed by atoms with Crippen LogP contribution in [-0.2, 0) is 23.4 Å². The number of benzene rings is 3. The summed E-state index contributed by atoms with van der Waals surface area (Å²) in [6.07, 6.45) is -7.87. The van der Waals surface area contributed by atoms with Crippen LogP contribution in [0.15, 0.2) is 84.9 Å². The molecule has 0 saturated carbocycles. The number of nitrogens with zero attached hydrogens (tertiary/aromatic N) is 1. The van der Waals surface area contributed by atoms with Gasteiger partial charge in [-0.1, -0.05) is 72.8 Å². The van der Waals surface area contributed by atoms with E-state index in [4.69, 9.17) is 0 Å². The second kappa shape index (κ2) is 12.6. The maximum atomic E-state index is 14.2. The third-order valence-electron chi connectivity index (χ3n) is 5.83. The molecular weight excluding hydrogens is 493 g/mol. The summed E-state index contributed by atoms with van der Waals surface area (Å²) in [6, 6.07) is 24.3. The first-order valence-electron chi connectivity index (χ1n) is 11.6. The van der Waals surface area contributed by atoms with Crippen LogP contribution in [0, 0.1) is 0 Å². The molecule has 37 heavy (non-hydrogen) atoms. The fourth-order valence-electron chi connectivity index (χ4n) is 4.00. The van der Waals surface area contributed by atoms with E-state index < -0.39 is 42.8 Å². The molecule has 0 heterocycles. The van der Waals surface area contributed by atoms with Crippen molar-refractivity contribution in [3.05, 3.63) is 102 Å². The van der Waals surface area contributed by atoms with Crippen LogP contribution in [0.5, 0.6) is 0 Å². The number of carboxylic acids is 1. The number of rotatable bonds is 13. The maximum absolute atomic E-state index is 14.2. The van der Waals surface area contributed by atoms with Crippen LogP contribution in [0.3, 0.4) is 0 Å². The van der Waals surface area contributed by atoms with Gasteiger partial charge in [-0.15, -0.1) is 0 Å². The highest BCUT2D eigenvalue weighted by atomic mass is 19.4. The Morgan fingerprint density at radius 3 is 1.76 bits per heavy atom. The highest BCUT2D eigenvalue weighted by Gasteiger charge is 2.62. The zero-order valence-electron chi connectivity index (χ0n) is 19.9. The lowest BCUT2D eigenvalue weighted by Crippen LogP contribution is -2.60. The molecule has 0 fully saturated rings. The molecular formula is C27H28F5N3O2. The minimum absolute atomic E-state index is 0.268. The van der Waals surface area contributed by atoms with Gasteiger partial charge in [0.05, 0.1) is 6.54 Å². The summed E-state index contributed by atoms with van der Waals surface area (Å²) < 4.78 is 67.2. The third-order valence-corrected chi connectivity index (χ3v) is 5.83. The van der Waals surface area contributed by atoms with Gasteiger partial charge in [-0.25, -0.2) is 13.6 Å². The first kappa shape index (κ1) is 28.1. The van der Waals surface area contributed by atoms with E-state index in [1.807, 2.05) is 70.9 Å². The molecule has 198 valence electrons. The third kappa shape index (κ3) is 7.27. The van der Waals surface area contributed by atoms with Crippen LogP contribution >= 0.6 is 0 Å². The largest absolute Gasteiger partial charge is 0.479 e. The number of halogens is 5. The highest BCUT2D eigenvalue weighted by molar-refractivity contribution is 5.82. The van der Waals surface area contributed by atoms with E-state index in [-0.39, 0.29) is 6.54 Å². The normalized spacial score (nSPS) is 13.4. The van der Waals surface area contributed by atoms with Crippen LogP contribution in [-0.4, -0.2) is 43.3 Å². The van der Waals surface area contributed by atoms with Gasteiger partial charge in [0.2, 0.25) is 5.54 Å². The summed E-state index contributed by atoms with van der Waals surface area (Å²) in [5.41, 5.74) is -1.31. The molecule has 0 radical (unpaired) electrons. The predicted octanol–water partition coefficient (Wildman–Crippen LogP) is 5.18. The second-order valence-electron chi connectivity index (χ2n) is 8.45. The molecule has 3 aromatic carbocycles. The van der Waals surface area contributed by atoms with Gasteiger partial charge < -0.3 is 15.3 Å². The van der Waals surface area contributed by atoms with Gasteiger partial charge in [-0.05, 0) is 28.8 Å². The minimum atomic E-state index is -5.20. The van der Waals surface area contributed by atoms with Crippen molar-refractivity contribution in [3.63, 3.8) is 0 Å². The summed E-state index contributed by atoms with van der Waals surface area (Å²) >= 11 is 0. The van der Waals surface area contributed by atoms with E-state index in [0.717, 1.165) is 23.3 Å². The molecule has 0 bridgehead atoms. The molecule has 0 aliphatic carbocycles. The molecule has 3 N–H and O–H groups in total. The van der Waals surface area contributed by atoms with Gasteiger partial charge in [-0.3, -0.25) is 5.32 Å². The van der Waals surface area contributed by atoms with Crippen LogP contribution in [0.2, 0.25) is 0 Å². The van der Waals surface area contributed by atoms with Gasteiger partial charge in [0.15, 0.2) is 0 Å². The Kier molecular flexibility index (Phi) is 9.60. The molecule has 5 nitrogen and oxygen atoms in total. The second-order valence-corrected chi connectivity index (χ2v) is 8.45. The van der Waals surface area contributed by atoms with E-state index in [9.17, 15) is 31.9 Å². The number of nitrogens with one attached hydrogen (secondary N) is 2. The Bertz CT molecular complexity index is 1070. The monoisotopic (exact) mass is 521 g/mol. The molecule has 0 aromatic heterocycles. The summed E-state index contributed by atoms with van der Waals surface area (Å²) in [7, 11) is 0.